The quantitative estimate of drug-likeness (QED) is 0.356. The number of rotatable bonds is 6. The topological polar surface area (TPSA) is 122 Å². The third kappa shape index (κ3) is 5.51. The first-order chi connectivity index (χ1) is 14.9. The van der Waals surface area contributed by atoms with Crippen molar-refractivity contribution in [2.24, 2.45) is 0 Å². The normalized spacial score (nSPS) is 13.0. The predicted molar refractivity (Wildman–Crippen MR) is 117 cm³/mol. The number of halogens is 1. The molecule has 2 rings (SSSR count). The largest absolute Gasteiger partial charge is 0.299 e. The number of aromatic nitrogens is 2. The molecule has 0 aliphatic rings. The summed E-state index contributed by atoms with van der Waals surface area (Å²) in [4.78, 5) is 30.7. The molecule has 0 aliphatic carbocycles. The van der Waals surface area contributed by atoms with Gasteiger partial charge in [-0.15, -0.1) is 0 Å². The number of carbonyl (C=O) groups is 1. The summed E-state index contributed by atoms with van der Waals surface area (Å²) in [5.74, 6) is 8.71. The van der Waals surface area contributed by atoms with Gasteiger partial charge in [-0.1, -0.05) is 5.92 Å². The number of hydrogen-bond acceptors (Lipinski definition) is 7. The van der Waals surface area contributed by atoms with Gasteiger partial charge in [0.15, 0.2) is 14.6 Å². The fraction of sp³-hybridized carbons (Fsp3) is 0.381. The Morgan fingerprint density at radius 1 is 1.34 bits per heavy atom. The zero-order valence-corrected chi connectivity index (χ0v) is 18.9. The number of sulfone groups is 1. The summed E-state index contributed by atoms with van der Waals surface area (Å²) in [6, 6.07) is 2.34. The Balaban J connectivity index is 2.37. The van der Waals surface area contributed by atoms with E-state index in [4.69, 9.17) is 5.21 Å². The second-order valence-corrected chi connectivity index (χ2v) is 10.0. The van der Waals surface area contributed by atoms with E-state index in [1.165, 1.54) is 17.9 Å². The summed E-state index contributed by atoms with van der Waals surface area (Å²) in [5.41, 5.74) is 0.968. The molecule has 170 valence electrons. The first-order valence-corrected chi connectivity index (χ1v) is 11.3. The molecule has 0 saturated carbocycles. The third-order valence-corrected chi connectivity index (χ3v) is 6.91. The van der Waals surface area contributed by atoms with Gasteiger partial charge in [0, 0.05) is 12.8 Å². The number of nitrogens with one attached hydrogen (secondary N) is 1. The second-order valence-electron chi connectivity index (χ2n) is 7.58. The molecular weight excluding hydrogens is 439 g/mol. The van der Waals surface area contributed by atoms with E-state index in [9.17, 15) is 22.4 Å². The molecule has 1 aromatic carbocycles. The van der Waals surface area contributed by atoms with Gasteiger partial charge in [0.2, 0.25) is 0 Å². The Labute approximate surface area is 185 Å². The molecule has 2 N–H and O–H groups in total. The molecule has 32 heavy (non-hydrogen) atoms. The average molecular weight is 463 g/mol. The number of nitrogens with zero attached hydrogens (tertiary/aromatic N) is 3. The molecule has 2 aromatic rings. The minimum absolute atomic E-state index is 0.0260. The first kappa shape index (κ1) is 25.0. The lowest BCUT2D eigenvalue weighted by Gasteiger charge is -2.25. The van der Waals surface area contributed by atoms with Crippen LogP contribution in [0.25, 0.3) is 10.9 Å². The number of benzene rings is 1. The Kier molecular flexibility index (Phi) is 7.75. The summed E-state index contributed by atoms with van der Waals surface area (Å²) in [6.07, 6.45) is 1.71. The maximum atomic E-state index is 14.5. The highest BCUT2D eigenvalue weighted by molar-refractivity contribution is 7.92. The fourth-order valence-corrected chi connectivity index (χ4v) is 3.54. The maximum absolute atomic E-state index is 14.5. The van der Waals surface area contributed by atoms with Crippen LogP contribution in [0.2, 0.25) is 0 Å². The minimum atomic E-state index is -3.93. The van der Waals surface area contributed by atoms with Crippen LogP contribution in [0.5, 0.6) is 0 Å². The number of hydrogen-bond donors (Lipinski definition) is 2. The van der Waals surface area contributed by atoms with Gasteiger partial charge in [0.25, 0.3) is 11.5 Å². The molecule has 0 unspecified atom stereocenters. The van der Waals surface area contributed by atoms with Gasteiger partial charge >= 0.3 is 0 Å². The van der Waals surface area contributed by atoms with E-state index in [2.05, 4.69) is 28.7 Å². The van der Waals surface area contributed by atoms with Crippen molar-refractivity contribution in [2.45, 2.75) is 24.6 Å². The van der Waals surface area contributed by atoms with Crippen LogP contribution >= 0.6 is 0 Å². The number of hydroxylamine groups is 1. The number of amides is 1. The summed E-state index contributed by atoms with van der Waals surface area (Å²) >= 11 is 0. The Morgan fingerprint density at radius 2 is 2.03 bits per heavy atom. The Morgan fingerprint density at radius 3 is 2.62 bits per heavy atom. The van der Waals surface area contributed by atoms with E-state index in [0.717, 1.165) is 23.8 Å². The van der Waals surface area contributed by atoms with E-state index in [0.29, 0.717) is 6.54 Å². The first-order valence-electron chi connectivity index (χ1n) is 9.37. The maximum Gasteiger partial charge on any atom is 0.264 e. The molecule has 1 heterocycles. The average Bonchev–Trinajstić information content (AvgIpc) is 2.72. The van der Waals surface area contributed by atoms with E-state index in [1.807, 2.05) is 19.0 Å². The highest BCUT2D eigenvalue weighted by atomic mass is 32.2. The minimum Gasteiger partial charge on any atom is -0.299 e. The predicted octanol–water partition coefficient (Wildman–Crippen LogP) is 0.151. The van der Waals surface area contributed by atoms with Crippen molar-refractivity contribution in [3.63, 3.8) is 0 Å². The van der Waals surface area contributed by atoms with Crippen LogP contribution in [0.3, 0.4) is 0 Å². The van der Waals surface area contributed by atoms with E-state index < -0.39 is 31.9 Å². The van der Waals surface area contributed by atoms with E-state index in [1.54, 1.807) is 0 Å². The van der Waals surface area contributed by atoms with Crippen molar-refractivity contribution in [1.29, 1.82) is 0 Å². The van der Waals surface area contributed by atoms with E-state index >= 15 is 0 Å². The van der Waals surface area contributed by atoms with Crippen molar-refractivity contribution in [3.8, 4) is 23.7 Å². The lowest BCUT2D eigenvalue weighted by atomic mass is 10.1. The Bertz CT molecular complexity index is 1330. The highest BCUT2D eigenvalue weighted by Gasteiger charge is 2.43. The molecule has 0 saturated heterocycles. The molecule has 0 bridgehead atoms. The van der Waals surface area contributed by atoms with E-state index in [-0.39, 0.29) is 29.4 Å². The van der Waals surface area contributed by atoms with Gasteiger partial charge in [-0.25, -0.2) is 23.3 Å². The molecule has 0 fully saturated rings. The van der Waals surface area contributed by atoms with Crippen molar-refractivity contribution in [2.75, 3.05) is 26.9 Å². The third-order valence-electron chi connectivity index (χ3n) is 4.89. The number of carbonyl (C=O) groups excluding carboxylic acids is 1. The molecule has 11 heteroatoms. The van der Waals surface area contributed by atoms with Gasteiger partial charge in [-0.05, 0) is 57.3 Å². The lowest BCUT2D eigenvalue weighted by molar-refractivity contribution is -0.131. The summed E-state index contributed by atoms with van der Waals surface area (Å²) < 4.78 is 37.7. The van der Waals surface area contributed by atoms with Crippen molar-refractivity contribution >= 4 is 26.6 Å². The zero-order valence-electron chi connectivity index (χ0n) is 18.1. The van der Waals surface area contributed by atoms with Crippen LogP contribution in [0.1, 0.15) is 18.9 Å². The highest BCUT2D eigenvalue weighted by Crippen LogP contribution is 2.22. The molecular formula is C21H23FN4O5S. The molecule has 0 aliphatic heterocycles. The zero-order chi connectivity index (χ0) is 24.1. The second kappa shape index (κ2) is 9.92. The molecule has 9 nitrogen and oxygen atoms in total. The fourth-order valence-electron chi connectivity index (χ4n) is 2.69. The summed E-state index contributed by atoms with van der Waals surface area (Å²) in [6.45, 7) is 1.44. The molecule has 0 radical (unpaired) electrons. The van der Waals surface area contributed by atoms with Crippen LogP contribution in [0, 0.1) is 29.5 Å². The lowest BCUT2D eigenvalue weighted by Crippen LogP contribution is -2.50. The summed E-state index contributed by atoms with van der Waals surface area (Å²) in [5, 5.41) is 8.87. The summed E-state index contributed by atoms with van der Waals surface area (Å²) in [7, 11) is -0.221. The van der Waals surface area contributed by atoms with Gasteiger partial charge in [0.1, 0.15) is 5.82 Å². The van der Waals surface area contributed by atoms with Crippen LogP contribution < -0.4 is 11.0 Å². The van der Waals surface area contributed by atoms with Gasteiger partial charge in [0.05, 0.1) is 29.3 Å². The molecule has 1 atom stereocenters. The SMILES string of the molecule is CN(C)CC#CC#Cc1cc2ncn(CC[C@](C)(C(=O)NO)S(C)(=O)=O)c(=O)c2cc1F. The van der Waals surface area contributed by atoms with Crippen molar-refractivity contribution in [3.05, 3.63) is 40.2 Å². The molecule has 1 amide bonds. The Hall–Kier alpha value is -3.25. The van der Waals surface area contributed by atoms with Gasteiger partial charge in [-0.2, -0.15) is 0 Å². The van der Waals surface area contributed by atoms with Crippen LogP contribution in [-0.4, -0.2) is 65.6 Å². The smallest absolute Gasteiger partial charge is 0.264 e. The molecule has 0 spiro atoms. The van der Waals surface area contributed by atoms with Crippen molar-refractivity contribution < 1.29 is 22.8 Å². The number of aryl methyl sites for hydroxylation is 1. The van der Waals surface area contributed by atoms with Gasteiger partial charge < -0.3 is 0 Å². The van der Waals surface area contributed by atoms with Gasteiger partial charge in [-0.3, -0.25) is 24.3 Å². The van der Waals surface area contributed by atoms with Crippen LogP contribution in [0.15, 0.2) is 23.3 Å². The van der Waals surface area contributed by atoms with Crippen LogP contribution in [-0.2, 0) is 21.2 Å². The molecule has 1 aromatic heterocycles. The monoisotopic (exact) mass is 462 g/mol. The van der Waals surface area contributed by atoms with Crippen molar-refractivity contribution in [1.82, 2.24) is 19.9 Å². The standard InChI is InChI=1S/C21H23FN4O5S/c1-21(20(28)24-29,32(4,30)31)9-11-26-14-23-18-12-15(8-6-5-7-10-25(2)3)17(22)13-16(18)19(26)27/h12-14,29H,9-11H2,1-4H3,(H,24,28)/t21-/m1/s1. The number of fused-ring (bicyclic) bond motifs is 1. The van der Waals surface area contributed by atoms with Crippen LogP contribution in [0.4, 0.5) is 4.39 Å².